The standard InChI is InChI=1S/C16H23ClN2O/c1-3-19(11-13-8-4-5-10-18-13)16(20)14-9-6-7-12(2)15(14)17/h6-7,9,13,18H,3-5,8,10-11H2,1-2H3. The number of carbonyl (C=O) groups is 1. The monoisotopic (exact) mass is 294 g/mol. The molecule has 1 unspecified atom stereocenters. The first-order valence-electron chi connectivity index (χ1n) is 7.41. The number of hydrogen-bond acceptors (Lipinski definition) is 2. The number of benzene rings is 1. The van der Waals surface area contributed by atoms with E-state index < -0.39 is 0 Å². The van der Waals surface area contributed by atoms with Crippen LogP contribution >= 0.6 is 11.6 Å². The van der Waals surface area contributed by atoms with Crippen molar-refractivity contribution in [2.24, 2.45) is 0 Å². The van der Waals surface area contributed by atoms with Gasteiger partial charge in [-0.3, -0.25) is 4.79 Å². The zero-order valence-corrected chi connectivity index (χ0v) is 13.0. The lowest BCUT2D eigenvalue weighted by molar-refractivity contribution is 0.0741. The van der Waals surface area contributed by atoms with Gasteiger partial charge in [0.1, 0.15) is 0 Å². The van der Waals surface area contributed by atoms with Crippen LogP contribution in [0.15, 0.2) is 18.2 Å². The third kappa shape index (κ3) is 3.53. The Balaban J connectivity index is 2.10. The first-order chi connectivity index (χ1) is 9.63. The van der Waals surface area contributed by atoms with Gasteiger partial charge in [-0.15, -0.1) is 0 Å². The molecule has 2 rings (SSSR count). The lowest BCUT2D eigenvalue weighted by Gasteiger charge is -2.30. The van der Waals surface area contributed by atoms with Crippen molar-refractivity contribution < 1.29 is 4.79 Å². The van der Waals surface area contributed by atoms with Crippen molar-refractivity contribution >= 4 is 17.5 Å². The van der Waals surface area contributed by atoms with Crippen LogP contribution in [0, 0.1) is 6.92 Å². The van der Waals surface area contributed by atoms with Crippen LogP contribution in [0.5, 0.6) is 0 Å². The SMILES string of the molecule is CCN(CC1CCCCN1)C(=O)c1cccc(C)c1Cl. The predicted octanol–water partition coefficient (Wildman–Crippen LogP) is 3.25. The van der Waals surface area contributed by atoms with Crippen LogP contribution < -0.4 is 5.32 Å². The van der Waals surface area contributed by atoms with Gasteiger partial charge >= 0.3 is 0 Å². The minimum atomic E-state index is 0.0357. The second-order valence-electron chi connectivity index (χ2n) is 5.43. The molecular formula is C16H23ClN2O. The molecule has 0 saturated carbocycles. The van der Waals surface area contributed by atoms with Crippen LogP contribution in [0.25, 0.3) is 0 Å². The fraction of sp³-hybridized carbons (Fsp3) is 0.562. The van der Waals surface area contributed by atoms with E-state index in [1.54, 1.807) is 0 Å². The van der Waals surface area contributed by atoms with E-state index in [1.807, 2.05) is 36.9 Å². The predicted molar refractivity (Wildman–Crippen MR) is 83.4 cm³/mol. The highest BCUT2D eigenvalue weighted by atomic mass is 35.5. The van der Waals surface area contributed by atoms with E-state index in [0.717, 1.165) is 25.1 Å². The van der Waals surface area contributed by atoms with Gasteiger partial charge in [-0.25, -0.2) is 0 Å². The lowest BCUT2D eigenvalue weighted by Crippen LogP contribution is -2.45. The smallest absolute Gasteiger partial charge is 0.255 e. The second-order valence-corrected chi connectivity index (χ2v) is 5.81. The molecule has 1 N–H and O–H groups in total. The van der Waals surface area contributed by atoms with Crippen LogP contribution in [-0.2, 0) is 0 Å². The highest BCUT2D eigenvalue weighted by Gasteiger charge is 2.22. The van der Waals surface area contributed by atoms with Crippen molar-refractivity contribution in [1.82, 2.24) is 10.2 Å². The summed E-state index contributed by atoms with van der Waals surface area (Å²) in [7, 11) is 0. The van der Waals surface area contributed by atoms with Crippen LogP contribution in [0.3, 0.4) is 0 Å². The number of rotatable bonds is 4. The van der Waals surface area contributed by atoms with Crippen LogP contribution in [0.2, 0.25) is 5.02 Å². The summed E-state index contributed by atoms with van der Waals surface area (Å²) in [5.41, 5.74) is 1.56. The van der Waals surface area contributed by atoms with Crippen LogP contribution in [0.1, 0.15) is 42.1 Å². The van der Waals surface area contributed by atoms with E-state index in [4.69, 9.17) is 11.6 Å². The maximum Gasteiger partial charge on any atom is 0.255 e. The number of nitrogens with zero attached hydrogens (tertiary/aromatic N) is 1. The number of carbonyl (C=O) groups excluding carboxylic acids is 1. The summed E-state index contributed by atoms with van der Waals surface area (Å²) in [5.74, 6) is 0.0357. The Hall–Kier alpha value is -1.06. The Morgan fingerprint density at radius 3 is 2.90 bits per heavy atom. The second kappa shape index (κ2) is 7.09. The number of likely N-dealkylation sites (N-methyl/N-ethyl adjacent to an activating group) is 1. The molecule has 1 atom stereocenters. The van der Waals surface area contributed by atoms with Gasteiger partial charge < -0.3 is 10.2 Å². The summed E-state index contributed by atoms with van der Waals surface area (Å²) in [6, 6.07) is 6.05. The normalized spacial score (nSPS) is 18.9. The topological polar surface area (TPSA) is 32.3 Å². The maximum atomic E-state index is 12.6. The molecule has 1 aliphatic rings. The number of amides is 1. The first-order valence-corrected chi connectivity index (χ1v) is 7.79. The molecule has 0 spiro atoms. The molecule has 1 fully saturated rings. The van der Waals surface area contributed by atoms with Gasteiger partial charge in [0.15, 0.2) is 0 Å². The lowest BCUT2D eigenvalue weighted by atomic mass is 10.0. The molecule has 110 valence electrons. The number of hydrogen-bond donors (Lipinski definition) is 1. The molecule has 1 amide bonds. The van der Waals surface area contributed by atoms with Crippen molar-refractivity contribution in [3.05, 3.63) is 34.3 Å². The molecule has 0 aliphatic carbocycles. The molecule has 1 aliphatic heterocycles. The summed E-state index contributed by atoms with van der Waals surface area (Å²) in [5, 5.41) is 4.07. The minimum Gasteiger partial charge on any atom is -0.337 e. The summed E-state index contributed by atoms with van der Waals surface area (Å²) >= 11 is 6.27. The van der Waals surface area contributed by atoms with Gasteiger partial charge in [0.05, 0.1) is 10.6 Å². The molecule has 0 radical (unpaired) electrons. The summed E-state index contributed by atoms with van der Waals surface area (Å²) in [6.07, 6.45) is 3.63. The number of aryl methyl sites for hydroxylation is 1. The molecular weight excluding hydrogens is 272 g/mol. The zero-order valence-electron chi connectivity index (χ0n) is 12.3. The highest BCUT2D eigenvalue weighted by Crippen LogP contribution is 2.22. The van der Waals surface area contributed by atoms with Gasteiger partial charge in [0, 0.05) is 19.1 Å². The molecule has 0 aromatic heterocycles. The number of halogens is 1. The van der Waals surface area contributed by atoms with Crippen molar-refractivity contribution in [3.8, 4) is 0 Å². The first kappa shape index (κ1) is 15.3. The Bertz CT molecular complexity index is 470. The Morgan fingerprint density at radius 1 is 1.45 bits per heavy atom. The van der Waals surface area contributed by atoms with E-state index in [-0.39, 0.29) is 5.91 Å². The molecule has 1 heterocycles. The van der Waals surface area contributed by atoms with Gasteiger partial charge in [-0.2, -0.15) is 0 Å². The van der Waals surface area contributed by atoms with E-state index in [2.05, 4.69) is 5.32 Å². The summed E-state index contributed by atoms with van der Waals surface area (Å²) in [6.45, 7) is 6.48. The number of piperidine rings is 1. The molecule has 1 saturated heterocycles. The fourth-order valence-corrected chi connectivity index (χ4v) is 2.89. The van der Waals surface area contributed by atoms with Gasteiger partial charge in [-0.05, 0) is 44.9 Å². The van der Waals surface area contributed by atoms with Gasteiger partial charge in [0.2, 0.25) is 0 Å². The quantitative estimate of drug-likeness (QED) is 0.924. The van der Waals surface area contributed by atoms with Crippen molar-refractivity contribution in [3.63, 3.8) is 0 Å². The Labute approximate surface area is 126 Å². The van der Waals surface area contributed by atoms with E-state index in [0.29, 0.717) is 23.2 Å². The Kier molecular flexibility index (Phi) is 5.44. The van der Waals surface area contributed by atoms with Gasteiger partial charge in [-0.1, -0.05) is 30.2 Å². The summed E-state index contributed by atoms with van der Waals surface area (Å²) < 4.78 is 0. The average molecular weight is 295 g/mol. The zero-order chi connectivity index (χ0) is 14.5. The molecule has 20 heavy (non-hydrogen) atoms. The molecule has 3 nitrogen and oxygen atoms in total. The van der Waals surface area contributed by atoms with Crippen molar-refractivity contribution in [2.45, 2.75) is 39.2 Å². The van der Waals surface area contributed by atoms with Crippen molar-refractivity contribution in [1.29, 1.82) is 0 Å². The largest absolute Gasteiger partial charge is 0.337 e. The van der Waals surface area contributed by atoms with E-state index >= 15 is 0 Å². The van der Waals surface area contributed by atoms with Crippen LogP contribution in [-0.4, -0.2) is 36.5 Å². The molecule has 1 aromatic carbocycles. The van der Waals surface area contributed by atoms with E-state index in [1.165, 1.54) is 12.8 Å². The minimum absolute atomic E-state index is 0.0357. The van der Waals surface area contributed by atoms with E-state index in [9.17, 15) is 4.79 Å². The average Bonchev–Trinajstić information content (AvgIpc) is 2.48. The Morgan fingerprint density at radius 2 is 2.25 bits per heavy atom. The van der Waals surface area contributed by atoms with Crippen LogP contribution in [0.4, 0.5) is 0 Å². The molecule has 1 aromatic rings. The van der Waals surface area contributed by atoms with Crippen molar-refractivity contribution in [2.75, 3.05) is 19.6 Å². The third-order valence-electron chi connectivity index (χ3n) is 3.94. The highest BCUT2D eigenvalue weighted by molar-refractivity contribution is 6.34. The number of nitrogens with one attached hydrogen (secondary N) is 1. The fourth-order valence-electron chi connectivity index (χ4n) is 2.68. The molecule has 0 bridgehead atoms. The molecule has 4 heteroatoms. The van der Waals surface area contributed by atoms with Gasteiger partial charge in [0.25, 0.3) is 5.91 Å². The maximum absolute atomic E-state index is 12.6. The summed E-state index contributed by atoms with van der Waals surface area (Å²) in [4.78, 5) is 14.5. The third-order valence-corrected chi connectivity index (χ3v) is 4.45.